The van der Waals surface area contributed by atoms with Crippen LogP contribution in [0, 0.1) is 0 Å². The number of aromatic nitrogens is 2. The van der Waals surface area contributed by atoms with E-state index in [-0.39, 0.29) is 5.56 Å². The molecular weight excluding hydrogens is 264 g/mol. The summed E-state index contributed by atoms with van der Waals surface area (Å²) in [7, 11) is 0. The zero-order valence-corrected chi connectivity index (χ0v) is 10.5. The molecule has 0 bridgehead atoms. The molecule has 3 heterocycles. The van der Waals surface area contributed by atoms with Crippen LogP contribution in [0.3, 0.4) is 0 Å². The van der Waals surface area contributed by atoms with E-state index in [1.807, 2.05) is 0 Å². The normalized spacial score (nSPS) is 29.9. The Kier molecular flexibility index (Phi) is 3.27. The lowest BCUT2D eigenvalue weighted by atomic mass is 10.1. The Hall–Kier alpha value is -1.80. The molecule has 7 heteroatoms. The van der Waals surface area contributed by atoms with Gasteiger partial charge in [0.05, 0.1) is 17.5 Å². The lowest BCUT2D eigenvalue weighted by Gasteiger charge is -2.17. The summed E-state index contributed by atoms with van der Waals surface area (Å²) >= 11 is 0. The minimum absolute atomic E-state index is 0.370. The Balaban J connectivity index is 2.07. The fourth-order valence-corrected chi connectivity index (χ4v) is 2.40. The quantitative estimate of drug-likeness (QED) is 0.651. The zero-order chi connectivity index (χ0) is 14.3. The van der Waals surface area contributed by atoms with E-state index in [1.54, 1.807) is 24.4 Å². The summed E-state index contributed by atoms with van der Waals surface area (Å²) in [5, 5.41) is 29.1. The van der Waals surface area contributed by atoms with E-state index in [1.165, 1.54) is 10.8 Å². The third-order valence-corrected chi connectivity index (χ3v) is 3.49. The Labute approximate surface area is 113 Å². The van der Waals surface area contributed by atoms with E-state index in [2.05, 4.69) is 4.98 Å². The van der Waals surface area contributed by atoms with Gasteiger partial charge in [0.2, 0.25) is 0 Å². The number of nitrogens with zero attached hydrogens (tertiary/aromatic N) is 2. The minimum Gasteiger partial charge on any atom is -0.394 e. The summed E-state index contributed by atoms with van der Waals surface area (Å²) < 4.78 is 6.55. The van der Waals surface area contributed by atoms with Gasteiger partial charge in [-0.25, -0.2) is 0 Å². The Bertz CT molecular complexity index is 686. The molecule has 7 nitrogen and oxygen atoms in total. The van der Waals surface area contributed by atoms with Gasteiger partial charge in [-0.15, -0.1) is 0 Å². The second-order valence-corrected chi connectivity index (χ2v) is 4.69. The zero-order valence-electron chi connectivity index (χ0n) is 10.5. The van der Waals surface area contributed by atoms with Crippen LogP contribution >= 0.6 is 0 Å². The molecule has 0 unspecified atom stereocenters. The summed E-state index contributed by atoms with van der Waals surface area (Å²) in [4.78, 5) is 16.4. The topological polar surface area (TPSA) is 105 Å². The molecule has 0 saturated carbocycles. The highest BCUT2D eigenvalue weighted by atomic mass is 16.6. The highest BCUT2D eigenvalue weighted by molar-refractivity contribution is 5.76. The summed E-state index contributed by atoms with van der Waals surface area (Å²) in [6, 6.07) is 4.90. The monoisotopic (exact) mass is 278 g/mol. The largest absolute Gasteiger partial charge is 0.394 e. The smallest absolute Gasteiger partial charge is 0.262 e. The van der Waals surface area contributed by atoms with Gasteiger partial charge in [0.25, 0.3) is 5.56 Å². The second-order valence-electron chi connectivity index (χ2n) is 4.69. The van der Waals surface area contributed by atoms with Crippen LogP contribution in [-0.4, -0.2) is 49.8 Å². The number of hydrogen-bond donors (Lipinski definition) is 3. The van der Waals surface area contributed by atoms with Crippen molar-refractivity contribution in [3.05, 3.63) is 40.9 Å². The molecule has 0 aromatic carbocycles. The van der Waals surface area contributed by atoms with Crippen molar-refractivity contribution >= 4 is 10.9 Å². The van der Waals surface area contributed by atoms with Crippen LogP contribution < -0.4 is 5.56 Å². The first-order chi connectivity index (χ1) is 9.63. The number of aliphatic hydroxyl groups excluding tert-OH is 3. The highest BCUT2D eigenvalue weighted by Crippen LogP contribution is 2.28. The number of rotatable bonds is 2. The lowest BCUT2D eigenvalue weighted by Crippen LogP contribution is -2.35. The van der Waals surface area contributed by atoms with Gasteiger partial charge in [-0.2, -0.15) is 0 Å². The molecule has 2 aromatic heterocycles. The van der Waals surface area contributed by atoms with E-state index in [9.17, 15) is 15.0 Å². The minimum atomic E-state index is -1.28. The Morgan fingerprint density at radius 2 is 2.10 bits per heavy atom. The number of ether oxygens (including phenoxy) is 1. The number of aliphatic hydroxyl groups is 3. The van der Waals surface area contributed by atoms with Crippen LogP contribution in [-0.2, 0) is 4.74 Å². The average molecular weight is 278 g/mol. The number of pyridine rings is 2. The van der Waals surface area contributed by atoms with Crippen molar-refractivity contribution in [2.45, 2.75) is 24.5 Å². The average Bonchev–Trinajstić information content (AvgIpc) is 2.76. The fourth-order valence-electron chi connectivity index (χ4n) is 2.40. The van der Waals surface area contributed by atoms with Crippen LogP contribution in [0.4, 0.5) is 0 Å². The SMILES string of the molecule is O=c1c2cccnc2ccn1[C@@H]1O[C@H](CO)[C@@H](O)[C@H]1O. The van der Waals surface area contributed by atoms with Crippen LogP contribution in [0.25, 0.3) is 10.9 Å². The molecule has 0 aliphatic carbocycles. The predicted octanol–water partition coefficient (Wildman–Crippen LogP) is -0.992. The van der Waals surface area contributed by atoms with E-state index in [4.69, 9.17) is 9.84 Å². The van der Waals surface area contributed by atoms with Crippen LogP contribution in [0.2, 0.25) is 0 Å². The maximum atomic E-state index is 12.4. The second kappa shape index (κ2) is 4.95. The van der Waals surface area contributed by atoms with Crippen molar-refractivity contribution in [1.82, 2.24) is 9.55 Å². The van der Waals surface area contributed by atoms with Gasteiger partial charge in [-0.1, -0.05) is 0 Å². The van der Waals surface area contributed by atoms with Gasteiger partial charge in [-0.05, 0) is 18.2 Å². The van der Waals surface area contributed by atoms with Crippen molar-refractivity contribution in [3.8, 4) is 0 Å². The molecule has 1 fully saturated rings. The van der Waals surface area contributed by atoms with E-state index >= 15 is 0 Å². The van der Waals surface area contributed by atoms with E-state index < -0.39 is 31.1 Å². The van der Waals surface area contributed by atoms with E-state index in [0.717, 1.165) is 0 Å². The molecule has 4 atom stereocenters. The molecule has 1 aliphatic heterocycles. The lowest BCUT2D eigenvalue weighted by molar-refractivity contribution is -0.0541. The summed E-state index contributed by atoms with van der Waals surface area (Å²) in [6.45, 7) is -0.432. The summed E-state index contributed by atoms with van der Waals surface area (Å²) in [5.74, 6) is 0. The van der Waals surface area contributed by atoms with Crippen molar-refractivity contribution in [1.29, 1.82) is 0 Å². The van der Waals surface area contributed by atoms with Gasteiger partial charge in [0.15, 0.2) is 6.23 Å². The molecule has 1 aliphatic rings. The van der Waals surface area contributed by atoms with Gasteiger partial charge < -0.3 is 20.1 Å². The molecule has 1 saturated heterocycles. The van der Waals surface area contributed by atoms with Crippen molar-refractivity contribution in [2.24, 2.45) is 0 Å². The molecule has 20 heavy (non-hydrogen) atoms. The van der Waals surface area contributed by atoms with Gasteiger partial charge >= 0.3 is 0 Å². The van der Waals surface area contributed by atoms with Crippen molar-refractivity contribution in [3.63, 3.8) is 0 Å². The maximum absolute atomic E-state index is 12.4. The number of fused-ring (bicyclic) bond motifs is 1. The van der Waals surface area contributed by atoms with E-state index in [0.29, 0.717) is 10.9 Å². The first-order valence-corrected chi connectivity index (χ1v) is 6.22. The first kappa shape index (κ1) is 13.2. The van der Waals surface area contributed by atoms with Crippen molar-refractivity contribution < 1.29 is 20.1 Å². The fraction of sp³-hybridized carbons (Fsp3) is 0.385. The third kappa shape index (κ3) is 1.92. The van der Waals surface area contributed by atoms with Gasteiger partial charge in [-0.3, -0.25) is 14.3 Å². The number of hydrogen-bond acceptors (Lipinski definition) is 6. The first-order valence-electron chi connectivity index (χ1n) is 6.22. The highest BCUT2D eigenvalue weighted by Gasteiger charge is 2.43. The Morgan fingerprint density at radius 1 is 1.30 bits per heavy atom. The molecule has 0 radical (unpaired) electrons. The third-order valence-electron chi connectivity index (χ3n) is 3.49. The maximum Gasteiger partial charge on any atom is 0.262 e. The van der Waals surface area contributed by atoms with Gasteiger partial charge in [0, 0.05) is 12.4 Å². The molecule has 2 aromatic rings. The van der Waals surface area contributed by atoms with Crippen molar-refractivity contribution in [2.75, 3.05) is 6.61 Å². The molecule has 3 N–H and O–H groups in total. The molecule has 0 amide bonds. The van der Waals surface area contributed by atoms with Crippen LogP contribution in [0.5, 0.6) is 0 Å². The van der Waals surface area contributed by atoms with Crippen LogP contribution in [0.1, 0.15) is 6.23 Å². The molecular formula is C13H14N2O5. The summed E-state index contributed by atoms with van der Waals surface area (Å²) in [5.41, 5.74) is 0.172. The molecule has 0 spiro atoms. The summed E-state index contributed by atoms with van der Waals surface area (Å²) in [6.07, 6.45) is -1.41. The Morgan fingerprint density at radius 3 is 2.80 bits per heavy atom. The predicted molar refractivity (Wildman–Crippen MR) is 69.0 cm³/mol. The molecule has 3 rings (SSSR count). The molecule has 106 valence electrons. The standard InChI is InChI=1S/C13H14N2O5/c16-6-9-10(17)11(18)13(20-9)15-5-3-8-7(12(15)19)2-1-4-14-8/h1-5,9-11,13,16-18H,6H2/t9-,10-,11-,13-/m1/s1. The van der Waals surface area contributed by atoms with Crippen LogP contribution in [0.15, 0.2) is 35.4 Å². The van der Waals surface area contributed by atoms with Gasteiger partial charge in [0.1, 0.15) is 18.3 Å².